The highest BCUT2D eigenvalue weighted by molar-refractivity contribution is 6.20. The molecule has 0 aliphatic carbocycles. The van der Waals surface area contributed by atoms with Crippen LogP contribution in [0.15, 0.2) is 12.3 Å². The second-order valence-corrected chi connectivity index (χ2v) is 3.95. The topological polar surface area (TPSA) is 25.8 Å². The predicted octanol–water partition coefficient (Wildman–Crippen LogP) is 3.23. The third-order valence-corrected chi connectivity index (χ3v) is 2.44. The van der Waals surface area contributed by atoms with Crippen LogP contribution >= 0.6 is 11.6 Å². The lowest BCUT2D eigenvalue weighted by Gasteiger charge is -2.13. The molecule has 84 valence electrons. The zero-order chi connectivity index (χ0) is 11.6. The van der Waals surface area contributed by atoms with Crippen LogP contribution in [-0.2, 0) is 6.18 Å². The lowest BCUT2D eigenvalue weighted by atomic mass is 10.1. The zero-order valence-corrected chi connectivity index (χ0v) is 8.97. The van der Waals surface area contributed by atoms with Crippen molar-refractivity contribution in [2.75, 3.05) is 0 Å². The van der Waals surface area contributed by atoms with Gasteiger partial charge in [-0.05, 0) is 13.0 Å². The van der Waals surface area contributed by atoms with E-state index in [2.05, 4.69) is 9.97 Å². The maximum absolute atomic E-state index is 12.3. The van der Waals surface area contributed by atoms with Crippen molar-refractivity contribution in [2.45, 2.75) is 31.3 Å². The van der Waals surface area contributed by atoms with Gasteiger partial charge in [-0.1, -0.05) is 6.92 Å². The molecule has 0 aliphatic rings. The molecule has 0 amide bonds. The molecule has 15 heavy (non-hydrogen) atoms. The van der Waals surface area contributed by atoms with E-state index in [4.69, 9.17) is 11.6 Å². The van der Waals surface area contributed by atoms with E-state index in [1.807, 2.05) is 0 Å². The summed E-state index contributed by atoms with van der Waals surface area (Å²) in [5, 5.41) is -0.312. The summed E-state index contributed by atoms with van der Waals surface area (Å²) in [5.74, 6) is -0.193. The molecule has 0 radical (unpaired) electrons. The summed E-state index contributed by atoms with van der Waals surface area (Å²) in [5.41, 5.74) is -0.934. The van der Waals surface area contributed by atoms with Crippen molar-refractivity contribution in [3.05, 3.63) is 23.8 Å². The van der Waals surface area contributed by atoms with Gasteiger partial charge in [-0.15, -0.1) is 11.6 Å². The first-order chi connectivity index (χ1) is 6.82. The quantitative estimate of drug-likeness (QED) is 0.740. The summed E-state index contributed by atoms with van der Waals surface area (Å²) < 4.78 is 36.9. The number of halogens is 4. The molecule has 0 bridgehead atoms. The zero-order valence-electron chi connectivity index (χ0n) is 8.22. The molecule has 1 heterocycles. The molecule has 2 nitrogen and oxygen atoms in total. The smallest absolute Gasteiger partial charge is 0.241 e. The van der Waals surface area contributed by atoms with E-state index in [0.717, 1.165) is 12.3 Å². The Hall–Kier alpha value is -0.840. The Morgan fingerprint density at radius 1 is 1.33 bits per heavy atom. The van der Waals surface area contributed by atoms with Crippen LogP contribution in [0.5, 0.6) is 0 Å². The monoisotopic (exact) mass is 238 g/mol. The normalized spacial score (nSPS) is 16.1. The summed E-state index contributed by atoms with van der Waals surface area (Å²) >= 11 is 5.77. The fourth-order valence-corrected chi connectivity index (χ4v) is 1.07. The molecule has 0 saturated heterocycles. The molecule has 0 N–H and O–H groups in total. The van der Waals surface area contributed by atoms with Crippen LogP contribution < -0.4 is 0 Å². The van der Waals surface area contributed by atoms with E-state index in [1.54, 1.807) is 13.8 Å². The largest absolute Gasteiger partial charge is 0.433 e. The molecule has 0 spiro atoms. The average molecular weight is 239 g/mol. The molecule has 0 saturated carbocycles. The lowest BCUT2D eigenvalue weighted by molar-refractivity contribution is -0.141. The molecule has 1 aromatic heterocycles. The van der Waals surface area contributed by atoms with Crippen LogP contribution in [0.25, 0.3) is 0 Å². The van der Waals surface area contributed by atoms with Crippen molar-refractivity contribution >= 4 is 11.6 Å². The molecule has 2 unspecified atom stereocenters. The number of nitrogens with zero attached hydrogens (tertiary/aromatic N) is 2. The van der Waals surface area contributed by atoms with Gasteiger partial charge in [0.2, 0.25) is 0 Å². The molecule has 6 heteroatoms. The van der Waals surface area contributed by atoms with Crippen molar-refractivity contribution < 1.29 is 13.2 Å². The third kappa shape index (κ3) is 3.06. The molecule has 2 atom stereocenters. The second kappa shape index (κ2) is 4.35. The first kappa shape index (κ1) is 12.2. The number of hydrogen-bond acceptors (Lipinski definition) is 2. The van der Waals surface area contributed by atoms with Gasteiger partial charge in [0, 0.05) is 17.5 Å². The van der Waals surface area contributed by atoms with E-state index in [1.165, 1.54) is 0 Å². The maximum atomic E-state index is 12.3. The van der Waals surface area contributed by atoms with E-state index in [-0.39, 0.29) is 17.1 Å². The molecule has 0 aromatic carbocycles. The minimum absolute atomic E-state index is 0.118. The van der Waals surface area contributed by atoms with Gasteiger partial charge in [-0.2, -0.15) is 13.2 Å². The van der Waals surface area contributed by atoms with E-state index >= 15 is 0 Å². The van der Waals surface area contributed by atoms with Gasteiger partial charge in [-0.3, -0.25) is 0 Å². The Balaban J connectivity index is 3.03. The van der Waals surface area contributed by atoms with Gasteiger partial charge in [0.15, 0.2) is 0 Å². The number of aromatic nitrogens is 2. The van der Waals surface area contributed by atoms with E-state index < -0.39 is 11.9 Å². The minimum Gasteiger partial charge on any atom is -0.241 e. The van der Waals surface area contributed by atoms with Crippen LogP contribution in [0.4, 0.5) is 13.2 Å². The molecule has 0 fully saturated rings. The second-order valence-electron chi connectivity index (χ2n) is 3.26. The molecular weight excluding hydrogens is 229 g/mol. The SMILES string of the molecule is CC(Cl)C(C)c1nccc(C(F)(F)F)n1. The third-order valence-electron chi connectivity index (χ3n) is 2.06. The average Bonchev–Trinajstić information content (AvgIpc) is 2.15. The minimum atomic E-state index is -4.44. The van der Waals surface area contributed by atoms with Crippen molar-refractivity contribution in [1.29, 1.82) is 0 Å². The van der Waals surface area contributed by atoms with Gasteiger partial charge < -0.3 is 0 Å². The molecule has 1 aromatic rings. The highest BCUT2D eigenvalue weighted by atomic mass is 35.5. The number of alkyl halides is 4. The first-order valence-electron chi connectivity index (χ1n) is 4.36. The number of rotatable bonds is 2. The maximum Gasteiger partial charge on any atom is 0.433 e. The fourth-order valence-electron chi connectivity index (χ4n) is 0.956. The van der Waals surface area contributed by atoms with E-state index in [0.29, 0.717) is 0 Å². The Morgan fingerprint density at radius 3 is 2.40 bits per heavy atom. The Labute approximate surface area is 90.5 Å². The van der Waals surface area contributed by atoms with Gasteiger partial charge in [0.25, 0.3) is 0 Å². The van der Waals surface area contributed by atoms with Crippen molar-refractivity contribution in [1.82, 2.24) is 9.97 Å². The molecule has 1 rings (SSSR count). The highest BCUT2D eigenvalue weighted by Crippen LogP contribution is 2.28. The summed E-state index contributed by atoms with van der Waals surface area (Å²) in [4.78, 5) is 7.22. The first-order valence-corrected chi connectivity index (χ1v) is 4.80. The summed E-state index contributed by atoms with van der Waals surface area (Å²) in [6.07, 6.45) is -3.34. The Bertz CT molecular complexity index is 338. The molecular formula is C9H10ClF3N2. The van der Waals surface area contributed by atoms with Crippen molar-refractivity contribution in [3.63, 3.8) is 0 Å². The van der Waals surface area contributed by atoms with Gasteiger partial charge in [-0.25, -0.2) is 9.97 Å². The van der Waals surface area contributed by atoms with Crippen LogP contribution in [0, 0.1) is 0 Å². The van der Waals surface area contributed by atoms with Crippen LogP contribution in [-0.4, -0.2) is 15.3 Å². The van der Waals surface area contributed by atoms with Gasteiger partial charge in [0.1, 0.15) is 11.5 Å². The lowest BCUT2D eigenvalue weighted by Crippen LogP contribution is -2.14. The Kier molecular flexibility index (Phi) is 3.54. The number of hydrogen-bond donors (Lipinski definition) is 0. The van der Waals surface area contributed by atoms with Crippen molar-refractivity contribution in [2.24, 2.45) is 0 Å². The van der Waals surface area contributed by atoms with Gasteiger partial charge >= 0.3 is 6.18 Å². The predicted molar refractivity (Wildman–Crippen MR) is 50.8 cm³/mol. The van der Waals surface area contributed by atoms with E-state index in [9.17, 15) is 13.2 Å². The summed E-state index contributed by atoms with van der Waals surface area (Å²) in [6.45, 7) is 3.38. The summed E-state index contributed by atoms with van der Waals surface area (Å²) in [7, 11) is 0. The van der Waals surface area contributed by atoms with Gasteiger partial charge in [0.05, 0.1) is 0 Å². The summed E-state index contributed by atoms with van der Waals surface area (Å²) in [6, 6.07) is 0.842. The molecule has 0 aliphatic heterocycles. The fraction of sp³-hybridized carbons (Fsp3) is 0.556. The van der Waals surface area contributed by atoms with Crippen LogP contribution in [0.1, 0.15) is 31.3 Å². The van der Waals surface area contributed by atoms with Crippen LogP contribution in [0.3, 0.4) is 0 Å². The Morgan fingerprint density at radius 2 is 1.93 bits per heavy atom. The van der Waals surface area contributed by atoms with Crippen molar-refractivity contribution in [3.8, 4) is 0 Å². The standard InChI is InChI=1S/C9H10ClF3N2/c1-5(6(2)10)8-14-4-3-7(15-8)9(11,12)13/h3-6H,1-2H3. The van der Waals surface area contributed by atoms with Crippen LogP contribution in [0.2, 0.25) is 0 Å². The highest BCUT2D eigenvalue weighted by Gasteiger charge is 2.33.